The smallest absolute Gasteiger partial charge is 0.195 e. The standard InChI is InChI=1S/C13H16N4OS/c1-9(11-4-7-18-8-11)17-12(15-16-13(17)19)10-2-5-14-6-3-10/h2-3,5-6,9,11H,4,7-8H2,1H3,(H,16,19). The Labute approximate surface area is 116 Å². The van der Waals surface area contributed by atoms with Gasteiger partial charge in [0.1, 0.15) is 0 Å². The van der Waals surface area contributed by atoms with E-state index in [1.807, 2.05) is 12.1 Å². The van der Waals surface area contributed by atoms with Crippen molar-refractivity contribution >= 4 is 12.2 Å². The maximum Gasteiger partial charge on any atom is 0.195 e. The van der Waals surface area contributed by atoms with Crippen LogP contribution < -0.4 is 0 Å². The summed E-state index contributed by atoms with van der Waals surface area (Å²) < 4.78 is 8.22. The highest BCUT2D eigenvalue weighted by Gasteiger charge is 2.26. The second-order valence-electron chi connectivity index (χ2n) is 4.82. The van der Waals surface area contributed by atoms with Crippen LogP contribution in [0.1, 0.15) is 19.4 Å². The lowest BCUT2D eigenvalue weighted by Crippen LogP contribution is -2.18. The van der Waals surface area contributed by atoms with Crippen LogP contribution in [0.4, 0.5) is 0 Å². The summed E-state index contributed by atoms with van der Waals surface area (Å²) in [6.45, 7) is 3.81. The van der Waals surface area contributed by atoms with E-state index in [0.29, 0.717) is 10.7 Å². The molecule has 3 rings (SSSR count). The molecule has 19 heavy (non-hydrogen) atoms. The fraction of sp³-hybridized carbons (Fsp3) is 0.462. The van der Waals surface area contributed by atoms with Crippen molar-refractivity contribution in [1.29, 1.82) is 0 Å². The van der Waals surface area contributed by atoms with Crippen LogP contribution in [0.2, 0.25) is 0 Å². The number of ether oxygens (including phenoxy) is 1. The van der Waals surface area contributed by atoms with Gasteiger partial charge in [-0.2, -0.15) is 5.10 Å². The Morgan fingerprint density at radius 2 is 2.26 bits per heavy atom. The summed E-state index contributed by atoms with van der Waals surface area (Å²) in [6, 6.07) is 4.16. The number of hydrogen-bond acceptors (Lipinski definition) is 4. The molecule has 0 radical (unpaired) electrons. The Morgan fingerprint density at radius 3 is 2.95 bits per heavy atom. The normalized spacial score (nSPS) is 20.6. The predicted octanol–water partition coefficient (Wildman–Crippen LogP) is 2.60. The zero-order chi connectivity index (χ0) is 13.2. The molecule has 3 heterocycles. The average molecular weight is 276 g/mol. The Bertz CT molecular complexity index is 601. The molecular weight excluding hydrogens is 260 g/mol. The van der Waals surface area contributed by atoms with Gasteiger partial charge in [0.05, 0.1) is 6.61 Å². The Hall–Kier alpha value is -1.53. The molecule has 0 saturated carbocycles. The predicted molar refractivity (Wildman–Crippen MR) is 74.3 cm³/mol. The van der Waals surface area contributed by atoms with E-state index in [4.69, 9.17) is 17.0 Å². The summed E-state index contributed by atoms with van der Waals surface area (Å²) in [4.78, 5) is 4.04. The molecule has 0 bridgehead atoms. The van der Waals surface area contributed by atoms with Gasteiger partial charge in [-0.05, 0) is 37.7 Å². The first-order valence-corrected chi connectivity index (χ1v) is 6.83. The van der Waals surface area contributed by atoms with Crippen LogP contribution in [0.5, 0.6) is 0 Å². The van der Waals surface area contributed by atoms with Gasteiger partial charge in [0.25, 0.3) is 0 Å². The largest absolute Gasteiger partial charge is 0.381 e. The van der Waals surface area contributed by atoms with E-state index in [-0.39, 0.29) is 6.04 Å². The van der Waals surface area contributed by atoms with E-state index in [9.17, 15) is 0 Å². The molecule has 0 amide bonds. The van der Waals surface area contributed by atoms with Gasteiger partial charge in [-0.3, -0.25) is 14.6 Å². The molecule has 2 atom stereocenters. The third-order valence-corrected chi connectivity index (χ3v) is 3.99. The molecule has 1 fully saturated rings. The molecule has 0 aliphatic carbocycles. The topological polar surface area (TPSA) is 55.7 Å². The summed E-state index contributed by atoms with van der Waals surface area (Å²) in [5, 5.41) is 7.25. The van der Waals surface area contributed by atoms with Crippen molar-refractivity contribution < 1.29 is 4.74 Å². The van der Waals surface area contributed by atoms with E-state index < -0.39 is 0 Å². The number of aromatic nitrogens is 4. The molecule has 2 unspecified atom stereocenters. The third-order valence-electron chi connectivity index (χ3n) is 3.70. The Morgan fingerprint density at radius 1 is 1.47 bits per heavy atom. The fourth-order valence-electron chi connectivity index (χ4n) is 2.53. The lowest BCUT2D eigenvalue weighted by atomic mass is 10.0. The summed E-state index contributed by atoms with van der Waals surface area (Å²) in [5.41, 5.74) is 1.02. The number of nitrogens with one attached hydrogen (secondary N) is 1. The second kappa shape index (κ2) is 5.22. The van der Waals surface area contributed by atoms with Gasteiger partial charge in [-0.25, -0.2) is 0 Å². The number of hydrogen-bond donors (Lipinski definition) is 1. The van der Waals surface area contributed by atoms with Crippen molar-refractivity contribution in [2.75, 3.05) is 13.2 Å². The van der Waals surface area contributed by atoms with Gasteiger partial charge in [-0.15, -0.1) is 0 Å². The zero-order valence-corrected chi connectivity index (χ0v) is 11.6. The van der Waals surface area contributed by atoms with Gasteiger partial charge in [0.2, 0.25) is 0 Å². The summed E-state index contributed by atoms with van der Waals surface area (Å²) in [6.07, 6.45) is 4.60. The van der Waals surface area contributed by atoms with Crippen LogP contribution in [-0.2, 0) is 4.74 Å². The van der Waals surface area contributed by atoms with Gasteiger partial charge < -0.3 is 4.74 Å². The zero-order valence-electron chi connectivity index (χ0n) is 10.7. The van der Waals surface area contributed by atoms with Crippen LogP contribution in [0.3, 0.4) is 0 Å². The highest BCUT2D eigenvalue weighted by Crippen LogP contribution is 2.29. The number of pyridine rings is 1. The van der Waals surface area contributed by atoms with Crippen molar-refractivity contribution in [2.45, 2.75) is 19.4 Å². The highest BCUT2D eigenvalue weighted by molar-refractivity contribution is 7.71. The van der Waals surface area contributed by atoms with Gasteiger partial charge in [0, 0.05) is 36.5 Å². The summed E-state index contributed by atoms with van der Waals surface area (Å²) >= 11 is 5.37. The van der Waals surface area contributed by atoms with Crippen molar-refractivity contribution in [3.05, 3.63) is 29.3 Å². The highest BCUT2D eigenvalue weighted by atomic mass is 32.1. The van der Waals surface area contributed by atoms with Crippen LogP contribution in [0.25, 0.3) is 11.4 Å². The minimum atomic E-state index is 0.275. The van der Waals surface area contributed by atoms with Crippen molar-refractivity contribution in [3.8, 4) is 11.4 Å². The quantitative estimate of drug-likeness (QED) is 0.876. The van der Waals surface area contributed by atoms with E-state index >= 15 is 0 Å². The molecule has 2 aromatic heterocycles. The maximum atomic E-state index is 5.47. The molecule has 0 spiro atoms. The average Bonchev–Trinajstić information content (AvgIpc) is 3.08. The molecule has 1 N–H and O–H groups in total. The summed E-state index contributed by atoms with van der Waals surface area (Å²) in [7, 11) is 0. The van der Waals surface area contributed by atoms with Crippen LogP contribution in [0.15, 0.2) is 24.5 Å². The van der Waals surface area contributed by atoms with Crippen molar-refractivity contribution in [2.24, 2.45) is 5.92 Å². The SMILES string of the molecule is CC(C1CCOC1)n1c(-c2ccncc2)n[nH]c1=S. The third kappa shape index (κ3) is 2.33. The van der Waals surface area contributed by atoms with E-state index in [0.717, 1.165) is 31.0 Å². The molecule has 1 aliphatic heterocycles. The van der Waals surface area contributed by atoms with E-state index in [1.54, 1.807) is 12.4 Å². The Kier molecular flexibility index (Phi) is 3.44. The molecule has 100 valence electrons. The van der Waals surface area contributed by atoms with Crippen LogP contribution >= 0.6 is 12.2 Å². The molecule has 1 aliphatic rings. The first kappa shape index (κ1) is 12.5. The first-order valence-electron chi connectivity index (χ1n) is 6.42. The van der Waals surface area contributed by atoms with Gasteiger partial charge in [-0.1, -0.05) is 0 Å². The lowest BCUT2D eigenvalue weighted by molar-refractivity contribution is 0.175. The van der Waals surface area contributed by atoms with Crippen LogP contribution in [-0.4, -0.2) is 33.0 Å². The lowest BCUT2D eigenvalue weighted by Gasteiger charge is -2.20. The van der Waals surface area contributed by atoms with E-state index in [1.165, 1.54) is 0 Å². The monoisotopic (exact) mass is 276 g/mol. The minimum Gasteiger partial charge on any atom is -0.381 e. The molecule has 2 aromatic rings. The van der Waals surface area contributed by atoms with Crippen LogP contribution in [0, 0.1) is 10.7 Å². The molecule has 5 nitrogen and oxygen atoms in total. The second-order valence-corrected chi connectivity index (χ2v) is 5.21. The molecular formula is C13H16N4OS. The number of nitrogens with zero attached hydrogens (tertiary/aromatic N) is 3. The molecule has 6 heteroatoms. The minimum absolute atomic E-state index is 0.275. The number of aromatic amines is 1. The molecule has 0 aromatic carbocycles. The first-order chi connectivity index (χ1) is 9.27. The van der Waals surface area contributed by atoms with Crippen molar-refractivity contribution in [3.63, 3.8) is 0 Å². The molecule has 1 saturated heterocycles. The van der Waals surface area contributed by atoms with Crippen molar-refractivity contribution in [1.82, 2.24) is 19.7 Å². The van der Waals surface area contributed by atoms with Gasteiger partial charge >= 0.3 is 0 Å². The number of rotatable bonds is 3. The van der Waals surface area contributed by atoms with Gasteiger partial charge in [0.15, 0.2) is 10.6 Å². The number of H-pyrrole nitrogens is 1. The maximum absolute atomic E-state index is 5.47. The fourth-order valence-corrected chi connectivity index (χ4v) is 2.83. The summed E-state index contributed by atoms with van der Waals surface area (Å²) in [5.74, 6) is 1.36. The Balaban J connectivity index is 2.01. The van der Waals surface area contributed by atoms with E-state index in [2.05, 4.69) is 26.7 Å².